The molecular weight excluding hydrogens is 237 g/mol. The molecule has 1 aromatic rings. The molecule has 3 N–H and O–H groups in total. The van der Waals surface area contributed by atoms with Crippen molar-refractivity contribution < 1.29 is 14.2 Å². The van der Waals surface area contributed by atoms with Gasteiger partial charge in [-0.1, -0.05) is 0 Å². The standard InChI is InChI=1S/C8H10FN3O3S/c9-4-1-12(8(14)11-7(4)10)5-3-15-6(2-13)16-5/h1,5-6,13H,2-3H2,(H2,10,11,14). The molecule has 1 aliphatic heterocycles. The highest BCUT2D eigenvalue weighted by atomic mass is 32.2. The molecule has 2 heterocycles. The molecule has 1 fully saturated rings. The lowest BCUT2D eigenvalue weighted by molar-refractivity contribution is 0.0802. The lowest BCUT2D eigenvalue weighted by Gasteiger charge is -2.11. The SMILES string of the molecule is Nc1nc(=O)n(C2COC(CO)S2)cc1F. The fourth-order valence-electron chi connectivity index (χ4n) is 1.35. The second kappa shape index (κ2) is 4.40. The number of nitrogen functional groups attached to an aromatic ring is 1. The summed E-state index contributed by atoms with van der Waals surface area (Å²) in [6.45, 7) is 0.0711. The van der Waals surface area contributed by atoms with Gasteiger partial charge in [0.15, 0.2) is 11.6 Å². The Labute approximate surface area is 94.2 Å². The first-order valence-corrected chi connectivity index (χ1v) is 5.48. The van der Waals surface area contributed by atoms with Gasteiger partial charge in [-0.05, 0) is 0 Å². The van der Waals surface area contributed by atoms with Gasteiger partial charge in [-0.25, -0.2) is 9.18 Å². The Bertz CT molecular complexity index is 453. The van der Waals surface area contributed by atoms with Gasteiger partial charge in [-0.3, -0.25) is 4.57 Å². The molecule has 0 saturated carbocycles. The van der Waals surface area contributed by atoms with Crippen molar-refractivity contribution in [3.8, 4) is 0 Å². The number of nitrogens with zero attached hydrogens (tertiary/aromatic N) is 2. The van der Waals surface area contributed by atoms with Gasteiger partial charge in [0, 0.05) is 6.20 Å². The van der Waals surface area contributed by atoms with E-state index in [0.29, 0.717) is 0 Å². The maximum absolute atomic E-state index is 13.1. The number of halogens is 1. The van der Waals surface area contributed by atoms with E-state index in [1.54, 1.807) is 0 Å². The van der Waals surface area contributed by atoms with E-state index in [4.69, 9.17) is 15.6 Å². The van der Waals surface area contributed by atoms with Crippen LogP contribution < -0.4 is 11.4 Å². The van der Waals surface area contributed by atoms with E-state index in [2.05, 4.69) is 4.98 Å². The Morgan fingerprint density at radius 1 is 1.81 bits per heavy atom. The third-order valence-electron chi connectivity index (χ3n) is 2.13. The number of aliphatic hydroxyl groups excluding tert-OH is 1. The molecule has 1 aromatic heterocycles. The van der Waals surface area contributed by atoms with Crippen LogP contribution in [0.2, 0.25) is 0 Å². The van der Waals surface area contributed by atoms with Crippen LogP contribution in [0.4, 0.5) is 10.2 Å². The van der Waals surface area contributed by atoms with Gasteiger partial charge in [0.1, 0.15) is 10.8 Å². The lowest BCUT2D eigenvalue weighted by atomic mass is 10.5. The topological polar surface area (TPSA) is 90.4 Å². The quantitative estimate of drug-likeness (QED) is 0.735. The van der Waals surface area contributed by atoms with Crippen LogP contribution in [-0.2, 0) is 4.74 Å². The van der Waals surface area contributed by atoms with Crippen molar-refractivity contribution in [3.63, 3.8) is 0 Å². The summed E-state index contributed by atoms with van der Waals surface area (Å²) in [7, 11) is 0. The average molecular weight is 247 g/mol. The summed E-state index contributed by atoms with van der Waals surface area (Å²) in [5.41, 5.74) is 4.15. The zero-order valence-corrected chi connectivity index (χ0v) is 8.98. The lowest BCUT2D eigenvalue weighted by Crippen LogP contribution is -2.27. The first-order chi connectivity index (χ1) is 7.61. The van der Waals surface area contributed by atoms with Gasteiger partial charge in [0.25, 0.3) is 0 Å². The number of aromatic nitrogens is 2. The van der Waals surface area contributed by atoms with E-state index < -0.39 is 22.8 Å². The van der Waals surface area contributed by atoms with Crippen LogP contribution in [0, 0.1) is 5.82 Å². The summed E-state index contributed by atoms with van der Waals surface area (Å²) in [5.74, 6) is -1.16. The van der Waals surface area contributed by atoms with Crippen molar-refractivity contribution in [1.29, 1.82) is 0 Å². The molecule has 16 heavy (non-hydrogen) atoms. The number of hydrogen-bond donors (Lipinski definition) is 2. The number of ether oxygens (including phenoxy) is 1. The van der Waals surface area contributed by atoms with Gasteiger partial charge in [-0.2, -0.15) is 4.98 Å². The Morgan fingerprint density at radius 2 is 2.56 bits per heavy atom. The molecule has 0 amide bonds. The molecule has 1 saturated heterocycles. The molecule has 0 radical (unpaired) electrons. The number of nitrogens with two attached hydrogens (primary N) is 1. The summed E-state index contributed by atoms with van der Waals surface area (Å²) in [4.78, 5) is 14.8. The first-order valence-electron chi connectivity index (χ1n) is 4.54. The zero-order valence-electron chi connectivity index (χ0n) is 8.17. The first kappa shape index (κ1) is 11.4. The van der Waals surface area contributed by atoms with Crippen LogP contribution >= 0.6 is 11.8 Å². The maximum atomic E-state index is 13.1. The smallest absolute Gasteiger partial charge is 0.350 e. The number of hydrogen-bond acceptors (Lipinski definition) is 6. The van der Waals surface area contributed by atoms with Crippen molar-refractivity contribution in [3.05, 3.63) is 22.5 Å². The Morgan fingerprint density at radius 3 is 3.19 bits per heavy atom. The highest BCUT2D eigenvalue weighted by Gasteiger charge is 2.28. The van der Waals surface area contributed by atoms with E-state index >= 15 is 0 Å². The summed E-state index contributed by atoms with van der Waals surface area (Å²) in [6, 6.07) is 0. The van der Waals surface area contributed by atoms with E-state index in [9.17, 15) is 9.18 Å². The Kier molecular flexibility index (Phi) is 3.13. The fourth-order valence-corrected chi connectivity index (χ4v) is 2.38. The molecule has 88 valence electrons. The molecule has 0 spiro atoms. The number of anilines is 1. The summed E-state index contributed by atoms with van der Waals surface area (Å²) in [5, 5.41) is 8.47. The normalized spacial score (nSPS) is 24.9. The molecule has 0 bridgehead atoms. The molecule has 6 nitrogen and oxygen atoms in total. The summed E-state index contributed by atoms with van der Waals surface area (Å²) >= 11 is 1.24. The van der Waals surface area contributed by atoms with Gasteiger partial charge in [-0.15, -0.1) is 11.8 Å². The highest BCUT2D eigenvalue weighted by Crippen LogP contribution is 2.34. The van der Waals surface area contributed by atoms with E-state index in [0.717, 1.165) is 10.8 Å². The second-order valence-electron chi connectivity index (χ2n) is 3.20. The van der Waals surface area contributed by atoms with Crippen LogP contribution in [0.25, 0.3) is 0 Å². The second-order valence-corrected chi connectivity index (χ2v) is 4.54. The molecule has 8 heteroatoms. The van der Waals surface area contributed by atoms with Crippen molar-refractivity contribution in [2.24, 2.45) is 0 Å². The summed E-state index contributed by atoms with van der Waals surface area (Å²) in [6.07, 6.45) is 1.01. The third-order valence-corrected chi connectivity index (χ3v) is 3.39. The van der Waals surface area contributed by atoms with Crippen molar-refractivity contribution >= 4 is 17.6 Å². The largest absolute Gasteiger partial charge is 0.393 e. The van der Waals surface area contributed by atoms with Crippen LogP contribution in [0.5, 0.6) is 0 Å². The molecule has 0 aliphatic carbocycles. The molecule has 2 rings (SSSR count). The maximum Gasteiger partial charge on any atom is 0.350 e. The van der Waals surface area contributed by atoms with Crippen LogP contribution in [-0.4, -0.2) is 33.3 Å². The zero-order chi connectivity index (χ0) is 11.7. The van der Waals surface area contributed by atoms with Gasteiger partial charge >= 0.3 is 5.69 Å². The minimum Gasteiger partial charge on any atom is -0.393 e. The minimum absolute atomic E-state index is 0.152. The van der Waals surface area contributed by atoms with Crippen LogP contribution in [0.15, 0.2) is 11.0 Å². The van der Waals surface area contributed by atoms with Crippen molar-refractivity contribution in [2.45, 2.75) is 10.8 Å². The highest BCUT2D eigenvalue weighted by molar-refractivity contribution is 8.00. The summed E-state index contributed by atoms with van der Waals surface area (Å²) < 4.78 is 19.4. The third kappa shape index (κ3) is 2.04. The fraction of sp³-hybridized carbons (Fsp3) is 0.500. The number of thioether (sulfide) groups is 1. The average Bonchev–Trinajstić information content (AvgIpc) is 2.71. The Hall–Kier alpha value is -1.12. The number of aliphatic hydroxyl groups is 1. The predicted molar refractivity (Wildman–Crippen MR) is 56.3 cm³/mol. The van der Waals surface area contributed by atoms with Crippen molar-refractivity contribution in [2.75, 3.05) is 18.9 Å². The van der Waals surface area contributed by atoms with Gasteiger partial charge < -0.3 is 15.6 Å². The van der Waals surface area contributed by atoms with Crippen LogP contribution in [0.1, 0.15) is 5.37 Å². The van der Waals surface area contributed by atoms with Crippen LogP contribution in [0.3, 0.4) is 0 Å². The molecule has 0 aromatic carbocycles. The minimum atomic E-state index is -0.743. The molecule has 2 atom stereocenters. The monoisotopic (exact) mass is 247 g/mol. The van der Waals surface area contributed by atoms with Crippen molar-refractivity contribution in [1.82, 2.24) is 9.55 Å². The molecular formula is C8H10FN3O3S. The molecule has 1 aliphatic rings. The van der Waals surface area contributed by atoms with E-state index in [-0.39, 0.29) is 18.6 Å². The predicted octanol–water partition coefficient (Wildman–Crippen LogP) is -0.455. The van der Waals surface area contributed by atoms with Gasteiger partial charge in [0.05, 0.1) is 13.2 Å². The van der Waals surface area contributed by atoms with E-state index in [1.807, 2.05) is 0 Å². The number of rotatable bonds is 2. The Balaban J connectivity index is 2.28. The van der Waals surface area contributed by atoms with Gasteiger partial charge in [0.2, 0.25) is 0 Å². The van der Waals surface area contributed by atoms with E-state index in [1.165, 1.54) is 11.8 Å². The molecule has 2 unspecified atom stereocenters.